The SMILES string of the molecule is CC(C)=CCC/C(C)=C/Cc1c(O)cc(CCCCCCCCCCC(=O)O)c(C(=O)O)c1O. The Bertz CT molecular complexity index is 862. The van der Waals surface area contributed by atoms with Gasteiger partial charge < -0.3 is 20.4 Å². The minimum atomic E-state index is -1.18. The number of carboxylic acids is 2. The number of hydrogen-bond acceptors (Lipinski definition) is 4. The maximum absolute atomic E-state index is 11.9. The minimum absolute atomic E-state index is 0.0628. The van der Waals surface area contributed by atoms with Crippen LogP contribution in [0.25, 0.3) is 0 Å². The molecule has 0 aromatic heterocycles. The van der Waals surface area contributed by atoms with Crippen molar-refractivity contribution >= 4 is 11.9 Å². The number of aromatic hydroxyl groups is 2. The first kappa shape index (κ1) is 29.3. The molecule has 0 aliphatic carbocycles. The molecule has 0 unspecified atom stereocenters. The van der Waals surface area contributed by atoms with Gasteiger partial charge >= 0.3 is 11.9 Å². The van der Waals surface area contributed by atoms with E-state index >= 15 is 0 Å². The van der Waals surface area contributed by atoms with Crippen molar-refractivity contribution in [3.8, 4) is 11.5 Å². The van der Waals surface area contributed by atoms with Crippen LogP contribution in [0.4, 0.5) is 0 Å². The molecular formula is C28H42O6. The highest BCUT2D eigenvalue weighted by atomic mass is 16.4. The van der Waals surface area contributed by atoms with E-state index in [1.54, 1.807) is 0 Å². The third-order valence-corrected chi connectivity index (χ3v) is 6.01. The third kappa shape index (κ3) is 11.4. The summed E-state index contributed by atoms with van der Waals surface area (Å²) in [6.45, 7) is 6.10. The average molecular weight is 475 g/mol. The largest absolute Gasteiger partial charge is 0.508 e. The minimum Gasteiger partial charge on any atom is -0.508 e. The van der Waals surface area contributed by atoms with Crippen LogP contribution >= 0.6 is 0 Å². The van der Waals surface area contributed by atoms with Gasteiger partial charge in [0.2, 0.25) is 0 Å². The highest BCUT2D eigenvalue weighted by Gasteiger charge is 2.21. The van der Waals surface area contributed by atoms with Crippen molar-refractivity contribution in [3.63, 3.8) is 0 Å². The molecule has 1 aromatic rings. The maximum Gasteiger partial charge on any atom is 0.339 e. The Hall–Kier alpha value is -2.76. The van der Waals surface area contributed by atoms with Gasteiger partial charge in [-0.1, -0.05) is 61.8 Å². The Kier molecular flexibility index (Phi) is 13.7. The number of phenolic OH excluding ortho intramolecular Hbond substituents is 1. The number of carbonyl (C=O) groups is 2. The summed E-state index contributed by atoms with van der Waals surface area (Å²) in [4.78, 5) is 22.3. The molecule has 0 bridgehead atoms. The van der Waals surface area contributed by atoms with E-state index in [0.717, 1.165) is 69.8 Å². The normalized spacial score (nSPS) is 11.4. The molecule has 0 radical (unpaired) electrons. The first-order chi connectivity index (χ1) is 16.1. The summed E-state index contributed by atoms with van der Waals surface area (Å²) in [6.07, 6.45) is 14.4. The molecule has 34 heavy (non-hydrogen) atoms. The van der Waals surface area contributed by atoms with Gasteiger partial charge in [-0.2, -0.15) is 0 Å². The summed E-state index contributed by atoms with van der Waals surface area (Å²) in [6, 6.07) is 1.49. The summed E-state index contributed by atoms with van der Waals surface area (Å²) in [5.41, 5.74) is 2.99. The van der Waals surface area contributed by atoms with Gasteiger partial charge in [0.1, 0.15) is 17.1 Å². The lowest BCUT2D eigenvalue weighted by Gasteiger charge is -2.14. The van der Waals surface area contributed by atoms with Crippen LogP contribution in [0.3, 0.4) is 0 Å². The zero-order valence-electron chi connectivity index (χ0n) is 21.0. The first-order valence-corrected chi connectivity index (χ1v) is 12.4. The molecule has 0 atom stereocenters. The zero-order chi connectivity index (χ0) is 25.5. The fraction of sp³-hybridized carbons (Fsp3) is 0.571. The van der Waals surface area contributed by atoms with Gasteiger partial charge in [-0.15, -0.1) is 0 Å². The highest BCUT2D eigenvalue weighted by molar-refractivity contribution is 5.93. The van der Waals surface area contributed by atoms with Crippen LogP contribution in [0.5, 0.6) is 11.5 Å². The maximum atomic E-state index is 11.9. The number of unbranched alkanes of at least 4 members (excludes halogenated alkanes) is 7. The number of carboxylic acid groups (broad SMARTS) is 2. The summed E-state index contributed by atoms with van der Waals surface area (Å²) in [5.74, 6) is -2.32. The highest BCUT2D eigenvalue weighted by Crippen LogP contribution is 2.35. The van der Waals surface area contributed by atoms with Crippen LogP contribution in [-0.2, 0) is 17.6 Å². The molecule has 4 N–H and O–H groups in total. The molecule has 0 saturated carbocycles. The molecular weight excluding hydrogens is 432 g/mol. The second-order valence-corrected chi connectivity index (χ2v) is 9.36. The van der Waals surface area contributed by atoms with Crippen LogP contribution in [0, 0.1) is 0 Å². The standard InChI is InChI=1S/C28H42O6/c1-20(2)13-12-14-21(3)17-18-23-24(29)19-22(26(27(23)32)28(33)34)15-10-8-6-4-5-7-9-11-16-25(30)31/h13,17,19,29,32H,4-12,14-16,18H2,1-3H3,(H,30,31)(H,33,34)/b21-17+. The fourth-order valence-corrected chi connectivity index (χ4v) is 4.00. The van der Waals surface area contributed by atoms with Crippen LogP contribution in [0.15, 0.2) is 29.4 Å². The molecule has 190 valence electrons. The predicted octanol–water partition coefficient (Wildman–Crippen LogP) is 7.17. The Balaban J connectivity index is 2.62. The van der Waals surface area contributed by atoms with Crippen LogP contribution < -0.4 is 0 Å². The first-order valence-electron chi connectivity index (χ1n) is 12.4. The summed E-state index contributed by atoms with van der Waals surface area (Å²) >= 11 is 0. The number of allylic oxidation sites excluding steroid dienone is 4. The van der Waals surface area contributed by atoms with E-state index in [0.29, 0.717) is 12.0 Å². The number of benzene rings is 1. The number of rotatable bonds is 17. The molecule has 6 nitrogen and oxygen atoms in total. The molecule has 0 amide bonds. The Morgan fingerprint density at radius 2 is 1.41 bits per heavy atom. The van der Waals surface area contributed by atoms with Gasteiger partial charge in [0, 0.05) is 12.0 Å². The van der Waals surface area contributed by atoms with E-state index in [-0.39, 0.29) is 35.5 Å². The van der Waals surface area contributed by atoms with Crippen LogP contribution in [-0.4, -0.2) is 32.4 Å². The van der Waals surface area contributed by atoms with Gasteiger partial charge in [0.05, 0.1) is 0 Å². The Morgan fingerprint density at radius 3 is 1.97 bits per heavy atom. The van der Waals surface area contributed by atoms with Crippen molar-refractivity contribution in [2.75, 3.05) is 0 Å². The fourth-order valence-electron chi connectivity index (χ4n) is 4.00. The van der Waals surface area contributed by atoms with Crippen molar-refractivity contribution in [1.29, 1.82) is 0 Å². The van der Waals surface area contributed by atoms with Gasteiger partial charge in [-0.25, -0.2) is 4.79 Å². The molecule has 1 rings (SSSR count). The zero-order valence-corrected chi connectivity index (χ0v) is 21.0. The van der Waals surface area contributed by atoms with Crippen molar-refractivity contribution in [2.24, 2.45) is 0 Å². The van der Waals surface area contributed by atoms with Crippen molar-refractivity contribution < 1.29 is 30.0 Å². The second kappa shape index (κ2) is 16.0. The smallest absolute Gasteiger partial charge is 0.339 e. The number of aromatic carboxylic acids is 1. The predicted molar refractivity (Wildman–Crippen MR) is 136 cm³/mol. The van der Waals surface area contributed by atoms with Gasteiger partial charge in [-0.05, 0) is 70.9 Å². The number of phenols is 2. The molecule has 1 aromatic carbocycles. The molecule has 0 spiro atoms. The average Bonchev–Trinajstić information content (AvgIpc) is 2.73. The second-order valence-electron chi connectivity index (χ2n) is 9.36. The Morgan fingerprint density at radius 1 is 0.824 bits per heavy atom. The molecule has 0 aliphatic rings. The van der Waals surface area contributed by atoms with E-state index in [4.69, 9.17) is 5.11 Å². The van der Waals surface area contributed by atoms with Gasteiger partial charge in [-0.3, -0.25) is 4.79 Å². The third-order valence-electron chi connectivity index (χ3n) is 6.01. The quantitative estimate of drug-likeness (QED) is 0.140. The summed E-state index contributed by atoms with van der Waals surface area (Å²) in [5, 5.41) is 39.4. The van der Waals surface area contributed by atoms with Crippen molar-refractivity contribution in [2.45, 2.75) is 104 Å². The van der Waals surface area contributed by atoms with Crippen LogP contribution in [0.1, 0.15) is 113 Å². The molecule has 0 saturated heterocycles. The van der Waals surface area contributed by atoms with Crippen molar-refractivity contribution in [3.05, 3.63) is 46.1 Å². The lowest BCUT2D eigenvalue weighted by atomic mass is 9.94. The number of aryl methyl sites for hydroxylation is 1. The Labute approximate surface area is 204 Å². The topological polar surface area (TPSA) is 115 Å². The summed E-state index contributed by atoms with van der Waals surface area (Å²) < 4.78 is 0. The number of hydrogen-bond donors (Lipinski definition) is 4. The number of aliphatic carboxylic acids is 1. The van der Waals surface area contributed by atoms with Crippen molar-refractivity contribution in [1.82, 2.24) is 0 Å². The monoisotopic (exact) mass is 474 g/mol. The van der Waals surface area contributed by atoms with E-state index in [1.807, 2.05) is 13.0 Å². The van der Waals surface area contributed by atoms with Gasteiger partial charge in [0.15, 0.2) is 0 Å². The lowest BCUT2D eigenvalue weighted by Crippen LogP contribution is -2.06. The van der Waals surface area contributed by atoms with E-state index in [2.05, 4.69) is 19.9 Å². The molecule has 0 heterocycles. The van der Waals surface area contributed by atoms with E-state index < -0.39 is 11.9 Å². The summed E-state index contributed by atoms with van der Waals surface area (Å²) in [7, 11) is 0. The van der Waals surface area contributed by atoms with E-state index in [9.17, 15) is 24.9 Å². The molecule has 6 heteroatoms. The molecule has 0 fully saturated rings. The molecule has 0 aliphatic heterocycles. The van der Waals surface area contributed by atoms with Gasteiger partial charge in [0.25, 0.3) is 0 Å². The lowest BCUT2D eigenvalue weighted by molar-refractivity contribution is -0.137. The van der Waals surface area contributed by atoms with E-state index in [1.165, 1.54) is 11.6 Å². The van der Waals surface area contributed by atoms with Crippen LogP contribution in [0.2, 0.25) is 0 Å².